The summed E-state index contributed by atoms with van der Waals surface area (Å²) in [6, 6.07) is 11.1. The number of anilines is 1. The van der Waals surface area contributed by atoms with Crippen LogP contribution in [0.15, 0.2) is 47.4 Å². The van der Waals surface area contributed by atoms with Crippen LogP contribution in [0.3, 0.4) is 0 Å². The van der Waals surface area contributed by atoms with Gasteiger partial charge in [0.1, 0.15) is 11.5 Å². The van der Waals surface area contributed by atoms with Gasteiger partial charge in [0.05, 0.1) is 24.8 Å². The fourth-order valence-corrected chi connectivity index (χ4v) is 5.52. The van der Waals surface area contributed by atoms with Crippen LogP contribution in [0.5, 0.6) is 11.5 Å². The van der Waals surface area contributed by atoms with Crippen LogP contribution in [0, 0.1) is 11.8 Å². The van der Waals surface area contributed by atoms with Crippen LogP contribution in [0.4, 0.5) is 5.69 Å². The minimum atomic E-state index is -3.58. The first-order valence-corrected chi connectivity index (χ1v) is 11.3. The van der Waals surface area contributed by atoms with Crippen LogP contribution in [-0.4, -0.2) is 45.9 Å². The molecule has 1 N–H and O–H groups in total. The molecule has 162 valence electrons. The molecule has 8 heteroatoms. The summed E-state index contributed by atoms with van der Waals surface area (Å²) in [4.78, 5) is 12.9. The van der Waals surface area contributed by atoms with E-state index in [1.54, 1.807) is 22.5 Å². The molecule has 1 fully saturated rings. The van der Waals surface area contributed by atoms with E-state index in [-0.39, 0.29) is 10.8 Å². The van der Waals surface area contributed by atoms with Crippen LogP contribution in [0.2, 0.25) is 0 Å². The number of carbonyl (C=O) groups is 1. The molecule has 2 aromatic carbocycles. The number of amides is 1. The van der Waals surface area contributed by atoms with Gasteiger partial charge in [0.15, 0.2) is 0 Å². The van der Waals surface area contributed by atoms with E-state index in [4.69, 9.17) is 9.47 Å². The van der Waals surface area contributed by atoms with Crippen molar-refractivity contribution >= 4 is 21.6 Å². The SMILES string of the molecule is COc1ccc(OC)c(NC(=O)c2ccc(S(=O)(=O)N3CC(C)CC(C)C3)cc2)c1. The molecule has 30 heavy (non-hydrogen) atoms. The molecule has 1 heterocycles. The van der Waals surface area contributed by atoms with Gasteiger partial charge in [0.2, 0.25) is 10.0 Å². The highest BCUT2D eigenvalue weighted by Gasteiger charge is 2.31. The average molecular weight is 433 g/mol. The molecule has 0 aliphatic carbocycles. The highest BCUT2D eigenvalue weighted by molar-refractivity contribution is 7.89. The Labute approximate surface area is 178 Å². The van der Waals surface area contributed by atoms with Gasteiger partial charge in [-0.15, -0.1) is 0 Å². The Bertz CT molecular complexity index is 995. The molecule has 7 nitrogen and oxygen atoms in total. The van der Waals surface area contributed by atoms with Gasteiger partial charge in [-0.3, -0.25) is 4.79 Å². The largest absolute Gasteiger partial charge is 0.497 e. The molecule has 3 rings (SSSR count). The summed E-state index contributed by atoms with van der Waals surface area (Å²) in [6.07, 6.45) is 1.03. The number of piperidine rings is 1. The maximum Gasteiger partial charge on any atom is 0.255 e. The van der Waals surface area contributed by atoms with E-state index < -0.39 is 10.0 Å². The third-order valence-electron chi connectivity index (χ3n) is 5.24. The van der Waals surface area contributed by atoms with Crippen LogP contribution in [0.1, 0.15) is 30.6 Å². The van der Waals surface area contributed by atoms with Gasteiger partial charge in [0, 0.05) is 24.7 Å². The Balaban J connectivity index is 1.78. The van der Waals surface area contributed by atoms with Crippen molar-refractivity contribution in [2.75, 3.05) is 32.6 Å². The predicted molar refractivity (Wildman–Crippen MR) is 116 cm³/mol. The van der Waals surface area contributed by atoms with Gasteiger partial charge in [-0.2, -0.15) is 4.31 Å². The standard InChI is InChI=1S/C22H28N2O5S/c1-15-11-16(2)14-24(13-15)30(26,27)19-8-5-17(6-9-19)22(25)23-20-12-18(28-3)7-10-21(20)29-4/h5-10,12,15-16H,11,13-14H2,1-4H3,(H,23,25). The van der Waals surface area contributed by atoms with Crippen LogP contribution in [-0.2, 0) is 10.0 Å². The summed E-state index contributed by atoms with van der Waals surface area (Å²) in [6.45, 7) is 5.17. The van der Waals surface area contributed by atoms with Crippen LogP contribution < -0.4 is 14.8 Å². The molecule has 0 spiro atoms. The number of nitrogens with one attached hydrogen (secondary N) is 1. The third-order valence-corrected chi connectivity index (χ3v) is 7.09. The zero-order valence-corrected chi connectivity index (χ0v) is 18.5. The van der Waals surface area contributed by atoms with Crippen molar-refractivity contribution in [1.29, 1.82) is 0 Å². The molecule has 2 unspecified atom stereocenters. The van der Waals surface area contributed by atoms with Gasteiger partial charge >= 0.3 is 0 Å². The molecule has 2 aromatic rings. The van der Waals surface area contributed by atoms with Gasteiger partial charge in [-0.1, -0.05) is 13.8 Å². The van der Waals surface area contributed by atoms with E-state index in [0.717, 1.165) is 6.42 Å². The van der Waals surface area contributed by atoms with Crippen molar-refractivity contribution in [2.45, 2.75) is 25.2 Å². The number of nitrogens with zero attached hydrogens (tertiary/aromatic N) is 1. The minimum Gasteiger partial charge on any atom is -0.497 e. The van der Waals surface area contributed by atoms with Crippen molar-refractivity contribution in [3.05, 3.63) is 48.0 Å². The van der Waals surface area contributed by atoms with Crippen molar-refractivity contribution in [3.8, 4) is 11.5 Å². The topological polar surface area (TPSA) is 84.9 Å². The molecule has 2 atom stereocenters. The zero-order chi connectivity index (χ0) is 21.9. The number of sulfonamides is 1. The number of benzene rings is 2. The monoisotopic (exact) mass is 432 g/mol. The molecule has 1 amide bonds. The molecule has 1 aliphatic rings. The maximum absolute atomic E-state index is 13.0. The number of hydrogen-bond donors (Lipinski definition) is 1. The number of methoxy groups -OCH3 is 2. The second-order valence-electron chi connectivity index (χ2n) is 7.81. The normalized spacial score (nSPS) is 19.9. The Morgan fingerprint density at radius 2 is 1.63 bits per heavy atom. The molecule has 1 saturated heterocycles. The molecule has 0 radical (unpaired) electrons. The molecule has 0 aromatic heterocycles. The summed E-state index contributed by atoms with van der Waals surface area (Å²) in [5.41, 5.74) is 0.814. The summed E-state index contributed by atoms with van der Waals surface area (Å²) < 4.78 is 38.0. The van der Waals surface area contributed by atoms with Gasteiger partial charge in [-0.05, 0) is 54.7 Å². The molecule has 0 bridgehead atoms. The molecule has 0 saturated carbocycles. The van der Waals surface area contributed by atoms with Crippen molar-refractivity contribution in [1.82, 2.24) is 4.31 Å². The van der Waals surface area contributed by atoms with Crippen molar-refractivity contribution in [3.63, 3.8) is 0 Å². The van der Waals surface area contributed by atoms with E-state index in [2.05, 4.69) is 19.2 Å². The maximum atomic E-state index is 13.0. The Hall–Kier alpha value is -2.58. The number of rotatable bonds is 6. The Morgan fingerprint density at radius 3 is 2.20 bits per heavy atom. The smallest absolute Gasteiger partial charge is 0.255 e. The molecular formula is C22H28N2O5S. The summed E-state index contributed by atoms with van der Waals surface area (Å²) in [7, 11) is -0.532. The van der Waals surface area contributed by atoms with E-state index in [9.17, 15) is 13.2 Å². The number of hydrogen-bond acceptors (Lipinski definition) is 5. The minimum absolute atomic E-state index is 0.194. The Morgan fingerprint density at radius 1 is 1.00 bits per heavy atom. The highest BCUT2D eigenvalue weighted by Crippen LogP contribution is 2.30. The van der Waals surface area contributed by atoms with Gasteiger partial charge in [0.25, 0.3) is 5.91 Å². The lowest BCUT2D eigenvalue weighted by molar-refractivity contribution is 0.102. The lowest BCUT2D eigenvalue weighted by Gasteiger charge is -2.34. The quantitative estimate of drug-likeness (QED) is 0.754. The number of carbonyl (C=O) groups excluding carboxylic acids is 1. The van der Waals surface area contributed by atoms with Crippen LogP contribution in [0.25, 0.3) is 0 Å². The van der Waals surface area contributed by atoms with Gasteiger partial charge < -0.3 is 14.8 Å². The average Bonchev–Trinajstić information content (AvgIpc) is 2.73. The predicted octanol–water partition coefficient (Wildman–Crippen LogP) is 3.62. The van der Waals surface area contributed by atoms with E-state index in [1.165, 1.54) is 38.5 Å². The van der Waals surface area contributed by atoms with E-state index >= 15 is 0 Å². The fraction of sp³-hybridized carbons (Fsp3) is 0.409. The number of ether oxygens (including phenoxy) is 2. The lowest BCUT2D eigenvalue weighted by Crippen LogP contribution is -2.42. The Kier molecular flexibility index (Phi) is 6.67. The van der Waals surface area contributed by atoms with Crippen LogP contribution >= 0.6 is 0 Å². The molecule has 1 aliphatic heterocycles. The summed E-state index contributed by atoms with van der Waals surface area (Å²) >= 11 is 0. The van der Waals surface area contributed by atoms with Crippen molar-refractivity contribution in [2.24, 2.45) is 11.8 Å². The second-order valence-corrected chi connectivity index (χ2v) is 9.75. The fourth-order valence-electron chi connectivity index (χ4n) is 3.84. The third kappa shape index (κ3) is 4.76. The van der Waals surface area contributed by atoms with Crippen molar-refractivity contribution < 1.29 is 22.7 Å². The van der Waals surface area contributed by atoms with E-state index in [0.29, 0.717) is 47.7 Å². The first-order chi connectivity index (χ1) is 14.2. The first-order valence-electron chi connectivity index (χ1n) is 9.88. The summed E-state index contributed by atoms with van der Waals surface area (Å²) in [5.74, 6) is 1.36. The van der Waals surface area contributed by atoms with Gasteiger partial charge in [-0.25, -0.2) is 8.42 Å². The second kappa shape index (κ2) is 9.06. The molecular weight excluding hydrogens is 404 g/mol. The zero-order valence-electron chi connectivity index (χ0n) is 17.7. The highest BCUT2D eigenvalue weighted by atomic mass is 32.2. The first kappa shape index (κ1) is 22.1. The lowest BCUT2D eigenvalue weighted by atomic mass is 9.94. The summed E-state index contributed by atoms with van der Waals surface area (Å²) in [5, 5.41) is 2.78. The van der Waals surface area contributed by atoms with E-state index in [1.807, 2.05) is 0 Å².